The zero-order chi connectivity index (χ0) is 10.8. The summed E-state index contributed by atoms with van der Waals surface area (Å²) in [4.78, 5) is 0. The summed E-state index contributed by atoms with van der Waals surface area (Å²) in [6.45, 7) is 6.16. The Kier molecular flexibility index (Phi) is 2.46. The van der Waals surface area contributed by atoms with Crippen LogP contribution in [-0.2, 0) is 0 Å². The molecule has 0 aliphatic rings. The third-order valence-corrected chi connectivity index (χ3v) is 2.75. The monoisotopic (exact) mass is 197 g/mol. The highest BCUT2D eigenvalue weighted by molar-refractivity contribution is 5.94. The van der Waals surface area contributed by atoms with Gasteiger partial charge in [-0.2, -0.15) is 0 Å². The van der Waals surface area contributed by atoms with Gasteiger partial charge in [-0.25, -0.2) is 0 Å². The van der Waals surface area contributed by atoms with E-state index >= 15 is 0 Å². The van der Waals surface area contributed by atoms with Crippen molar-refractivity contribution in [1.29, 1.82) is 0 Å². The largest absolute Gasteiger partial charge is 0.398 e. The fourth-order valence-corrected chi connectivity index (χ4v) is 1.73. The number of fused-ring (bicyclic) bond motifs is 1. The fourth-order valence-electron chi connectivity index (χ4n) is 1.73. The number of nitrogen functional groups attached to an aromatic ring is 1. The highest BCUT2D eigenvalue weighted by Gasteiger charge is 2.00. The molecule has 0 fully saturated rings. The van der Waals surface area contributed by atoms with Gasteiger partial charge in [0.25, 0.3) is 0 Å². The number of anilines is 1. The molecule has 0 amide bonds. The number of rotatable bonds is 2. The molecule has 0 spiro atoms. The first-order valence-electron chi connectivity index (χ1n) is 5.18. The van der Waals surface area contributed by atoms with E-state index in [1.54, 1.807) is 0 Å². The van der Waals surface area contributed by atoms with E-state index in [1.165, 1.54) is 16.5 Å². The molecule has 1 heteroatoms. The van der Waals surface area contributed by atoms with Crippen molar-refractivity contribution in [2.45, 2.75) is 13.3 Å². The van der Waals surface area contributed by atoms with Crippen molar-refractivity contribution in [3.63, 3.8) is 0 Å². The van der Waals surface area contributed by atoms with E-state index in [0.717, 1.165) is 17.5 Å². The van der Waals surface area contributed by atoms with Gasteiger partial charge < -0.3 is 5.73 Å². The highest BCUT2D eigenvalue weighted by Crippen LogP contribution is 2.25. The number of hydrogen-bond acceptors (Lipinski definition) is 1. The van der Waals surface area contributed by atoms with Gasteiger partial charge in [0, 0.05) is 11.1 Å². The first-order chi connectivity index (χ1) is 7.22. The van der Waals surface area contributed by atoms with Crippen molar-refractivity contribution >= 4 is 22.0 Å². The van der Waals surface area contributed by atoms with Crippen LogP contribution in [0.3, 0.4) is 0 Å². The van der Waals surface area contributed by atoms with E-state index in [2.05, 4.69) is 37.8 Å². The number of nitrogens with two attached hydrogens (primary N) is 1. The minimum atomic E-state index is 0.834. The van der Waals surface area contributed by atoms with Gasteiger partial charge in [0.05, 0.1) is 0 Å². The molecule has 1 nitrogen and oxygen atoms in total. The van der Waals surface area contributed by atoms with Crippen LogP contribution in [0.25, 0.3) is 16.3 Å². The summed E-state index contributed by atoms with van der Waals surface area (Å²) >= 11 is 0. The average Bonchev–Trinajstić information content (AvgIpc) is 2.28. The molecule has 2 rings (SSSR count). The fraction of sp³-hybridized carbons (Fsp3) is 0.143. The lowest BCUT2D eigenvalue weighted by molar-refractivity contribution is 1.25. The van der Waals surface area contributed by atoms with E-state index < -0.39 is 0 Å². The Bertz CT molecular complexity index is 512. The molecule has 0 radical (unpaired) electrons. The van der Waals surface area contributed by atoms with Crippen LogP contribution < -0.4 is 5.73 Å². The molecule has 0 saturated heterocycles. The van der Waals surface area contributed by atoms with Crippen LogP contribution in [0.5, 0.6) is 0 Å². The summed E-state index contributed by atoms with van der Waals surface area (Å²) in [7, 11) is 0. The highest BCUT2D eigenvalue weighted by atomic mass is 14.5. The minimum Gasteiger partial charge on any atom is -0.398 e. The molecule has 2 aromatic carbocycles. The molecule has 0 atom stereocenters. The molecule has 0 bridgehead atoms. The Labute approximate surface area is 90.2 Å². The average molecular weight is 197 g/mol. The summed E-state index contributed by atoms with van der Waals surface area (Å²) in [5.74, 6) is 0. The summed E-state index contributed by atoms with van der Waals surface area (Å²) in [6.07, 6.45) is 0.980. The second kappa shape index (κ2) is 3.77. The molecule has 0 saturated carbocycles. The van der Waals surface area contributed by atoms with Gasteiger partial charge in [-0.1, -0.05) is 37.8 Å². The zero-order valence-corrected chi connectivity index (χ0v) is 8.96. The Morgan fingerprint density at radius 1 is 1.27 bits per heavy atom. The van der Waals surface area contributed by atoms with E-state index in [-0.39, 0.29) is 0 Å². The molecule has 2 N–H and O–H groups in total. The van der Waals surface area contributed by atoms with E-state index in [4.69, 9.17) is 5.73 Å². The van der Waals surface area contributed by atoms with E-state index in [1.807, 2.05) is 12.1 Å². The van der Waals surface area contributed by atoms with Gasteiger partial charge in [0.15, 0.2) is 0 Å². The quantitative estimate of drug-likeness (QED) is 0.727. The second-order valence-electron chi connectivity index (χ2n) is 3.74. The lowest BCUT2D eigenvalue weighted by atomic mass is 10.0. The van der Waals surface area contributed by atoms with Crippen molar-refractivity contribution in [1.82, 2.24) is 0 Å². The Morgan fingerprint density at radius 3 is 2.80 bits per heavy atom. The number of allylic oxidation sites excluding steroid dienone is 1. The number of hydrogen-bond donors (Lipinski definition) is 1. The topological polar surface area (TPSA) is 26.0 Å². The first-order valence-corrected chi connectivity index (χ1v) is 5.18. The van der Waals surface area contributed by atoms with Gasteiger partial charge in [0.2, 0.25) is 0 Å². The van der Waals surface area contributed by atoms with Gasteiger partial charge in [-0.3, -0.25) is 0 Å². The lowest BCUT2D eigenvalue weighted by Gasteiger charge is -2.06. The van der Waals surface area contributed by atoms with Crippen LogP contribution in [0, 0.1) is 0 Å². The van der Waals surface area contributed by atoms with Gasteiger partial charge in [0.1, 0.15) is 0 Å². The second-order valence-corrected chi connectivity index (χ2v) is 3.74. The van der Waals surface area contributed by atoms with Crippen LogP contribution in [0.4, 0.5) is 5.69 Å². The van der Waals surface area contributed by atoms with Crippen LogP contribution in [0.15, 0.2) is 43.0 Å². The van der Waals surface area contributed by atoms with Crippen molar-refractivity contribution in [3.05, 3.63) is 48.5 Å². The zero-order valence-electron chi connectivity index (χ0n) is 8.96. The van der Waals surface area contributed by atoms with Crippen LogP contribution in [-0.4, -0.2) is 0 Å². The summed E-state index contributed by atoms with van der Waals surface area (Å²) in [6, 6.07) is 12.3. The predicted molar refractivity (Wildman–Crippen MR) is 67.7 cm³/mol. The van der Waals surface area contributed by atoms with Crippen molar-refractivity contribution < 1.29 is 0 Å². The maximum Gasteiger partial charge on any atom is 0.0393 e. The SMILES string of the molecule is C=C(CC)c1ccc2c(N)cccc2c1. The molecule has 15 heavy (non-hydrogen) atoms. The molecule has 0 unspecified atom stereocenters. The molecule has 0 aliphatic heterocycles. The molecule has 0 aliphatic carbocycles. The minimum absolute atomic E-state index is 0.834. The first kappa shape index (κ1) is 9.78. The molecule has 76 valence electrons. The molecule has 2 aromatic rings. The van der Waals surface area contributed by atoms with Crippen LogP contribution in [0.2, 0.25) is 0 Å². The van der Waals surface area contributed by atoms with Gasteiger partial charge >= 0.3 is 0 Å². The van der Waals surface area contributed by atoms with Crippen molar-refractivity contribution in [3.8, 4) is 0 Å². The number of benzene rings is 2. The Balaban J connectivity index is 2.62. The van der Waals surface area contributed by atoms with Crippen molar-refractivity contribution in [2.24, 2.45) is 0 Å². The standard InChI is InChI=1S/C14H15N/c1-3-10(2)11-7-8-13-12(9-11)5-4-6-14(13)15/h4-9H,2-3,15H2,1H3. The Morgan fingerprint density at radius 2 is 2.07 bits per heavy atom. The lowest BCUT2D eigenvalue weighted by Crippen LogP contribution is -1.87. The third-order valence-electron chi connectivity index (χ3n) is 2.75. The van der Waals surface area contributed by atoms with Crippen molar-refractivity contribution in [2.75, 3.05) is 5.73 Å². The third kappa shape index (κ3) is 1.73. The van der Waals surface area contributed by atoms with Crippen LogP contribution in [0.1, 0.15) is 18.9 Å². The van der Waals surface area contributed by atoms with E-state index in [9.17, 15) is 0 Å². The smallest absolute Gasteiger partial charge is 0.0393 e. The summed E-state index contributed by atoms with van der Waals surface area (Å²) in [5.41, 5.74) is 9.10. The van der Waals surface area contributed by atoms with Crippen LogP contribution >= 0.6 is 0 Å². The summed E-state index contributed by atoms with van der Waals surface area (Å²) < 4.78 is 0. The van der Waals surface area contributed by atoms with Gasteiger partial charge in [-0.15, -0.1) is 0 Å². The Hall–Kier alpha value is -1.76. The van der Waals surface area contributed by atoms with E-state index in [0.29, 0.717) is 0 Å². The predicted octanol–water partition coefficient (Wildman–Crippen LogP) is 3.85. The molecule has 0 heterocycles. The summed E-state index contributed by atoms with van der Waals surface area (Å²) in [5, 5.41) is 2.30. The molecular weight excluding hydrogens is 182 g/mol. The maximum absolute atomic E-state index is 5.89. The van der Waals surface area contributed by atoms with Gasteiger partial charge in [-0.05, 0) is 35.1 Å². The molecular formula is C14H15N. The maximum atomic E-state index is 5.89. The molecule has 0 aromatic heterocycles. The normalized spacial score (nSPS) is 10.5.